The normalized spacial score (nSPS) is 9.00. The maximum Gasteiger partial charge on any atom is 0.341 e. The number of allylic oxidation sites excluding steroid dienone is 1. The number of nitrogens with zero attached hydrogens (tertiary/aromatic N) is 2. The molecule has 0 fully saturated rings. The summed E-state index contributed by atoms with van der Waals surface area (Å²) in [7, 11) is 1.40. The zero-order chi connectivity index (χ0) is 15.1. The molecule has 0 bridgehead atoms. The van der Waals surface area contributed by atoms with E-state index in [1.165, 1.54) is 19.3 Å². The second kappa shape index (κ2) is 7.17. The molecule has 0 saturated carbocycles. The summed E-state index contributed by atoms with van der Waals surface area (Å²) in [4.78, 5) is 10.5. The van der Waals surface area contributed by atoms with Crippen molar-refractivity contribution in [1.29, 1.82) is 10.5 Å². The Morgan fingerprint density at radius 1 is 1.45 bits per heavy atom. The predicted octanol–water partition coefficient (Wildman–Crippen LogP) is 2.35. The van der Waals surface area contributed by atoms with Gasteiger partial charge in [0.15, 0.2) is 18.1 Å². The van der Waals surface area contributed by atoms with Crippen molar-refractivity contribution in [3.63, 3.8) is 0 Å². The SMILES string of the molecule is COc1cc(C=C(C#N)C#N)cc(Br)c1OCC(=O)O. The van der Waals surface area contributed by atoms with Gasteiger partial charge in [-0.05, 0) is 39.7 Å². The van der Waals surface area contributed by atoms with Gasteiger partial charge in [-0.3, -0.25) is 0 Å². The van der Waals surface area contributed by atoms with Gasteiger partial charge in [0.05, 0.1) is 11.6 Å². The summed E-state index contributed by atoms with van der Waals surface area (Å²) in [6, 6.07) is 6.62. The minimum Gasteiger partial charge on any atom is -0.493 e. The Balaban J connectivity index is 3.21. The van der Waals surface area contributed by atoms with Gasteiger partial charge < -0.3 is 14.6 Å². The van der Waals surface area contributed by atoms with Crippen LogP contribution < -0.4 is 9.47 Å². The molecule has 7 heteroatoms. The number of carboxylic acid groups (broad SMARTS) is 1. The number of halogens is 1. The number of methoxy groups -OCH3 is 1. The van der Waals surface area contributed by atoms with Gasteiger partial charge in [-0.1, -0.05) is 0 Å². The lowest BCUT2D eigenvalue weighted by Crippen LogP contribution is -2.10. The molecule has 0 unspecified atom stereocenters. The molecule has 0 aromatic heterocycles. The Kier molecular flexibility index (Phi) is 5.57. The van der Waals surface area contributed by atoms with Crippen molar-refractivity contribution in [3.8, 4) is 23.6 Å². The molecule has 0 atom stereocenters. The van der Waals surface area contributed by atoms with Gasteiger partial charge in [0.2, 0.25) is 0 Å². The van der Waals surface area contributed by atoms with E-state index in [0.717, 1.165) is 0 Å². The Labute approximate surface area is 123 Å². The standard InChI is InChI=1S/C13H9BrN2O4/c1-19-11-4-8(2-9(5-15)6-16)3-10(14)13(11)20-7-12(17)18/h2-4H,7H2,1H3,(H,17,18). The third-order valence-electron chi connectivity index (χ3n) is 2.14. The fourth-order valence-electron chi connectivity index (χ4n) is 1.35. The molecule has 20 heavy (non-hydrogen) atoms. The van der Waals surface area contributed by atoms with Gasteiger partial charge in [0.25, 0.3) is 0 Å². The summed E-state index contributed by atoms with van der Waals surface area (Å²) < 4.78 is 10.7. The van der Waals surface area contributed by atoms with E-state index in [9.17, 15) is 4.79 Å². The van der Waals surface area contributed by atoms with Gasteiger partial charge >= 0.3 is 5.97 Å². The quantitative estimate of drug-likeness (QED) is 0.827. The van der Waals surface area contributed by atoms with Crippen LogP contribution in [-0.2, 0) is 4.79 Å². The molecule has 0 radical (unpaired) electrons. The maximum atomic E-state index is 10.5. The lowest BCUT2D eigenvalue weighted by molar-refractivity contribution is -0.139. The Hall–Kier alpha value is -2.51. The molecule has 6 nitrogen and oxygen atoms in total. The Morgan fingerprint density at radius 2 is 2.10 bits per heavy atom. The first-order valence-electron chi connectivity index (χ1n) is 5.25. The molecule has 0 aliphatic rings. The van der Waals surface area contributed by atoms with Crippen LogP contribution in [0.3, 0.4) is 0 Å². The van der Waals surface area contributed by atoms with Gasteiger partial charge in [0.1, 0.15) is 17.7 Å². The first-order chi connectivity index (χ1) is 9.51. The monoisotopic (exact) mass is 336 g/mol. The van der Waals surface area contributed by atoms with Crippen LogP contribution in [0.2, 0.25) is 0 Å². The molecular formula is C13H9BrN2O4. The van der Waals surface area contributed by atoms with Crippen LogP contribution in [0, 0.1) is 22.7 Å². The minimum absolute atomic E-state index is 0.0573. The van der Waals surface area contributed by atoms with Crippen LogP contribution in [0.15, 0.2) is 22.2 Å². The van der Waals surface area contributed by atoms with Crippen LogP contribution in [-0.4, -0.2) is 24.8 Å². The van der Waals surface area contributed by atoms with Crippen molar-refractivity contribution in [3.05, 3.63) is 27.7 Å². The zero-order valence-electron chi connectivity index (χ0n) is 10.4. The van der Waals surface area contributed by atoms with E-state index < -0.39 is 12.6 Å². The highest BCUT2D eigenvalue weighted by molar-refractivity contribution is 9.10. The lowest BCUT2D eigenvalue weighted by atomic mass is 10.1. The molecule has 0 aliphatic carbocycles. The van der Waals surface area contributed by atoms with Crippen molar-refractivity contribution in [2.24, 2.45) is 0 Å². The molecule has 0 amide bonds. The van der Waals surface area contributed by atoms with Crippen molar-refractivity contribution in [2.75, 3.05) is 13.7 Å². The highest BCUT2D eigenvalue weighted by Crippen LogP contribution is 2.37. The number of rotatable bonds is 5. The molecule has 1 N–H and O–H groups in total. The van der Waals surface area contributed by atoms with Crippen molar-refractivity contribution in [1.82, 2.24) is 0 Å². The van der Waals surface area contributed by atoms with Crippen LogP contribution >= 0.6 is 15.9 Å². The first kappa shape index (κ1) is 15.5. The van der Waals surface area contributed by atoms with Gasteiger partial charge in [-0.2, -0.15) is 10.5 Å². The summed E-state index contributed by atoms with van der Waals surface area (Å²) in [5.74, 6) is -0.580. The summed E-state index contributed by atoms with van der Waals surface area (Å²) in [6.07, 6.45) is 1.38. The van der Waals surface area contributed by atoms with Gasteiger partial charge in [-0.25, -0.2) is 4.79 Å². The second-order valence-electron chi connectivity index (χ2n) is 3.50. The molecule has 102 valence electrons. The van der Waals surface area contributed by atoms with Gasteiger partial charge in [0, 0.05) is 0 Å². The number of ether oxygens (including phenoxy) is 2. The number of carbonyl (C=O) groups is 1. The van der Waals surface area contributed by atoms with E-state index >= 15 is 0 Å². The molecule has 0 heterocycles. The number of hydrogen-bond acceptors (Lipinski definition) is 5. The number of nitriles is 2. The Bertz CT molecular complexity index is 625. The molecule has 0 aliphatic heterocycles. The Morgan fingerprint density at radius 3 is 2.60 bits per heavy atom. The average molecular weight is 337 g/mol. The third-order valence-corrected chi connectivity index (χ3v) is 2.73. The highest BCUT2D eigenvalue weighted by Gasteiger charge is 2.13. The summed E-state index contributed by atoms with van der Waals surface area (Å²) in [6.45, 7) is -0.508. The van der Waals surface area contributed by atoms with Gasteiger partial charge in [-0.15, -0.1) is 0 Å². The summed E-state index contributed by atoms with van der Waals surface area (Å²) in [5.41, 5.74) is 0.493. The molecule has 0 spiro atoms. The van der Waals surface area contributed by atoms with Crippen molar-refractivity contribution in [2.45, 2.75) is 0 Å². The van der Waals surface area contributed by atoms with Crippen molar-refractivity contribution < 1.29 is 19.4 Å². The summed E-state index contributed by atoms with van der Waals surface area (Å²) in [5, 5.41) is 26.0. The minimum atomic E-state index is -1.11. The molecule has 1 aromatic carbocycles. The molecule has 0 saturated heterocycles. The number of benzene rings is 1. The third kappa shape index (κ3) is 4.01. The largest absolute Gasteiger partial charge is 0.493 e. The van der Waals surface area contributed by atoms with Crippen LogP contribution in [0.5, 0.6) is 11.5 Å². The van der Waals surface area contributed by atoms with E-state index in [1.54, 1.807) is 18.2 Å². The highest BCUT2D eigenvalue weighted by atomic mass is 79.9. The fourth-order valence-corrected chi connectivity index (χ4v) is 1.93. The lowest BCUT2D eigenvalue weighted by Gasteiger charge is -2.12. The number of carboxylic acids is 1. The maximum absolute atomic E-state index is 10.5. The van der Waals surface area contributed by atoms with E-state index in [2.05, 4.69) is 15.9 Å². The van der Waals surface area contributed by atoms with E-state index in [-0.39, 0.29) is 11.3 Å². The number of hydrogen-bond donors (Lipinski definition) is 1. The second-order valence-corrected chi connectivity index (χ2v) is 4.35. The topological polar surface area (TPSA) is 103 Å². The van der Waals surface area contributed by atoms with E-state index in [4.69, 9.17) is 25.1 Å². The first-order valence-corrected chi connectivity index (χ1v) is 6.05. The number of aliphatic carboxylic acids is 1. The zero-order valence-corrected chi connectivity index (χ0v) is 12.0. The van der Waals surface area contributed by atoms with Crippen LogP contribution in [0.4, 0.5) is 0 Å². The van der Waals surface area contributed by atoms with Crippen LogP contribution in [0.25, 0.3) is 6.08 Å². The molecular weight excluding hydrogens is 328 g/mol. The predicted molar refractivity (Wildman–Crippen MR) is 73.0 cm³/mol. The van der Waals surface area contributed by atoms with E-state index in [0.29, 0.717) is 15.8 Å². The van der Waals surface area contributed by atoms with E-state index in [1.807, 2.05) is 0 Å². The van der Waals surface area contributed by atoms with Crippen LogP contribution in [0.1, 0.15) is 5.56 Å². The summed E-state index contributed by atoms with van der Waals surface area (Å²) >= 11 is 3.23. The van der Waals surface area contributed by atoms with Crippen molar-refractivity contribution >= 4 is 28.0 Å². The molecule has 1 aromatic rings. The average Bonchev–Trinajstić information content (AvgIpc) is 2.42. The molecule has 1 rings (SSSR count). The smallest absolute Gasteiger partial charge is 0.341 e. The fraction of sp³-hybridized carbons (Fsp3) is 0.154.